The molecule has 2 aromatic carbocycles. The van der Waals surface area contributed by atoms with Crippen LogP contribution in [0.1, 0.15) is 36.8 Å². The lowest BCUT2D eigenvalue weighted by Gasteiger charge is -2.08. The number of carbonyl (C=O) groups excluding carboxylic acids is 1. The van der Waals surface area contributed by atoms with Gasteiger partial charge in [-0.05, 0) is 36.3 Å². The number of benzene rings is 2. The van der Waals surface area contributed by atoms with E-state index in [2.05, 4.69) is 72.8 Å². The molecule has 0 heterocycles. The Morgan fingerprint density at radius 3 is 1.92 bits per heavy atom. The minimum Gasteiger partial charge on any atom is -0.303 e. The Morgan fingerprint density at radius 1 is 0.875 bits per heavy atom. The lowest BCUT2D eigenvalue weighted by molar-refractivity contribution is -0.107. The monoisotopic (exact) mass is 316 g/mol. The fourth-order valence-corrected chi connectivity index (χ4v) is 3.28. The molecule has 1 fully saturated rings. The number of unbranched alkanes of at least 4 members (excludes halogenated alkanes) is 1. The molecule has 24 heavy (non-hydrogen) atoms. The molecule has 3 rings (SSSR count). The van der Waals surface area contributed by atoms with Crippen LogP contribution in [0.3, 0.4) is 0 Å². The van der Waals surface area contributed by atoms with Crippen LogP contribution in [0.5, 0.6) is 0 Å². The highest BCUT2D eigenvalue weighted by Gasteiger charge is 2.49. The summed E-state index contributed by atoms with van der Waals surface area (Å²) in [6.45, 7) is 0. The maximum absolute atomic E-state index is 10.6. The van der Waals surface area contributed by atoms with Crippen LogP contribution in [0, 0.1) is 11.3 Å². The topological polar surface area (TPSA) is 17.1 Å². The highest BCUT2D eigenvalue weighted by Crippen LogP contribution is 2.58. The molecule has 0 radical (unpaired) electrons. The Hall–Kier alpha value is -2.41. The van der Waals surface area contributed by atoms with E-state index in [1.165, 1.54) is 17.5 Å². The quantitative estimate of drug-likeness (QED) is 0.445. The Morgan fingerprint density at radius 2 is 1.42 bits per heavy atom. The van der Waals surface area contributed by atoms with Gasteiger partial charge >= 0.3 is 0 Å². The van der Waals surface area contributed by atoms with Gasteiger partial charge in [0.2, 0.25) is 0 Å². The van der Waals surface area contributed by atoms with Gasteiger partial charge < -0.3 is 4.79 Å². The SMILES string of the molecule is O=CCCC[C@@H]1CC1(/C=C/c1ccccc1)/C=C/c1ccccc1. The first-order valence-electron chi connectivity index (χ1n) is 8.75. The third kappa shape index (κ3) is 4.32. The van der Waals surface area contributed by atoms with Crippen molar-refractivity contribution in [1.29, 1.82) is 0 Å². The summed E-state index contributed by atoms with van der Waals surface area (Å²) in [7, 11) is 0. The van der Waals surface area contributed by atoms with Crippen molar-refractivity contribution in [2.45, 2.75) is 25.7 Å². The van der Waals surface area contributed by atoms with Crippen LogP contribution in [0.25, 0.3) is 12.2 Å². The van der Waals surface area contributed by atoms with E-state index >= 15 is 0 Å². The van der Waals surface area contributed by atoms with Gasteiger partial charge in [0, 0.05) is 11.8 Å². The Bertz CT molecular complexity index is 648. The van der Waals surface area contributed by atoms with Crippen LogP contribution in [-0.4, -0.2) is 6.29 Å². The number of aldehydes is 1. The maximum Gasteiger partial charge on any atom is 0.119 e. The third-order valence-electron chi connectivity index (χ3n) is 4.85. The summed E-state index contributed by atoms with van der Waals surface area (Å²) >= 11 is 0. The van der Waals surface area contributed by atoms with Gasteiger partial charge in [0.15, 0.2) is 0 Å². The number of carbonyl (C=O) groups is 1. The first-order valence-corrected chi connectivity index (χ1v) is 8.75. The normalized spacial score (nSPS) is 18.9. The molecule has 0 saturated heterocycles. The molecule has 1 aliphatic rings. The molecular formula is C23H24O. The van der Waals surface area contributed by atoms with Crippen LogP contribution in [0.4, 0.5) is 0 Å². The van der Waals surface area contributed by atoms with E-state index in [0.29, 0.717) is 12.3 Å². The summed E-state index contributed by atoms with van der Waals surface area (Å²) in [5, 5.41) is 0. The molecule has 1 heteroatoms. The molecule has 0 unspecified atom stereocenters. The summed E-state index contributed by atoms with van der Waals surface area (Å²) in [5.74, 6) is 0.650. The number of rotatable bonds is 8. The van der Waals surface area contributed by atoms with Gasteiger partial charge in [-0.25, -0.2) is 0 Å². The average molecular weight is 316 g/mol. The smallest absolute Gasteiger partial charge is 0.119 e. The molecular weight excluding hydrogens is 292 g/mol. The molecule has 1 atom stereocenters. The van der Waals surface area contributed by atoms with Crippen molar-refractivity contribution in [3.05, 3.63) is 83.9 Å². The highest BCUT2D eigenvalue weighted by molar-refractivity contribution is 5.56. The minimum atomic E-state index is 0.147. The van der Waals surface area contributed by atoms with E-state index in [9.17, 15) is 4.79 Å². The van der Waals surface area contributed by atoms with Crippen molar-refractivity contribution in [1.82, 2.24) is 0 Å². The molecule has 0 N–H and O–H groups in total. The fourth-order valence-electron chi connectivity index (χ4n) is 3.28. The Kier molecular flexibility index (Phi) is 5.43. The third-order valence-corrected chi connectivity index (χ3v) is 4.85. The number of hydrogen-bond acceptors (Lipinski definition) is 1. The van der Waals surface area contributed by atoms with Crippen molar-refractivity contribution in [2.75, 3.05) is 0 Å². The molecule has 122 valence electrons. The average Bonchev–Trinajstić information content (AvgIpc) is 3.34. The van der Waals surface area contributed by atoms with Gasteiger partial charge in [-0.15, -0.1) is 0 Å². The summed E-state index contributed by atoms with van der Waals surface area (Å²) in [4.78, 5) is 10.6. The van der Waals surface area contributed by atoms with Crippen molar-refractivity contribution < 1.29 is 4.79 Å². The second-order valence-corrected chi connectivity index (χ2v) is 6.60. The predicted molar refractivity (Wildman–Crippen MR) is 101 cm³/mol. The molecule has 0 bridgehead atoms. The standard InChI is InChI=1S/C23H24O/c24-18-8-7-13-22-19-23(22,16-14-20-9-3-1-4-10-20)17-15-21-11-5-2-6-12-21/h1-6,9-12,14-18,22H,7-8,13,19H2/b16-14+,17-15+/t22-/m1/s1. The van der Waals surface area contributed by atoms with Crippen LogP contribution in [0.2, 0.25) is 0 Å². The first-order chi connectivity index (χ1) is 11.8. The Balaban J connectivity index is 1.74. The van der Waals surface area contributed by atoms with E-state index in [4.69, 9.17) is 0 Å². The Labute approximate surface area is 144 Å². The molecule has 1 aliphatic carbocycles. The van der Waals surface area contributed by atoms with Gasteiger partial charge in [0.1, 0.15) is 6.29 Å². The summed E-state index contributed by atoms with van der Waals surface area (Å²) in [6, 6.07) is 20.9. The minimum absolute atomic E-state index is 0.147. The van der Waals surface area contributed by atoms with E-state index in [1.807, 2.05) is 12.1 Å². The molecule has 0 amide bonds. The fraction of sp³-hybridized carbons (Fsp3) is 0.261. The largest absolute Gasteiger partial charge is 0.303 e. The number of allylic oxidation sites excluding steroid dienone is 2. The van der Waals surface area contributed by atoms with E-state index in [1.54, 1.807) is 0 Å². The van der Waals surface area contributed by atoms with Gasteiger partial charge in [-0.3, -0.25) is 0 Å². The lowest BCUT2D eigenvalue weighted by atomic mass is 9.97. The van der Waals surface area contributed by atoms with Crippen LogP contribution in [-0.2, 0) is 4.79 Å². The van der Waals surface area contributed by atoms with E-state index in [0.717, 1.165) is 19.1 Å². The predicted octanol–water partition coefficient (Wildman–Crippen LogP) is 5.79. The summed E-state index contributed by atoms with van der Waals surface area (Å²) in [5.41, 5.74) is 2.63. The van der Waals surface area contributed by atoms with Gasteiger partial charge in [-0.1, -0.05) is 85.0 Å². The van der Waals surface area contributed by atoms with Crippen molar-refractivity contribution in [3.8, 4) is 0 Å². The number of hydrogen-bond donors (Lipinski definition) is 0. The zero-order valence-electron chi connectivity index (χ0n) is 14.0. The van der Waals surface area contributed by atoms with Crippen LogP contribution < -0.4 is 0 Å². The molecule has 0 aromatic heterocycles. The zero-order chi connectivity index (χ0) is 16.7. The summed E-state index contributed by atoms with van der Waals surface area (Å²) < 4.78 is 0. The van der Waals surface area contributed by atoms with E-state index < -0.39 is 0 Å². The zero-order valence-corrected chi connectivity index (χ0v) is 14.0. The van der Waals surface area contributed by atoms with Gasteiger partial charge in [0.25, 0.3) is 0 Å². The van der Waals surface area contributed by atoms with Crippen LogP contribution >= 0.6 is 0 Å². The molecule has 2 aromatic rings. The summed E-state index contributed by atoms with van der Waals surface area (Å²) in [6.07, 6.45) is 14.2. The molecule has 0 spiro atoms. The lowest BCUT2D eigenvalue weighted by Crippen LogP contribution is -1.96. The second-order valence-electron chi connectivity index (χ2n) is 6.60. The first kappa shape index (κ1) is 16.4. The highest BCUT2D eigenvalue weighted by atomic mass is 16.1. The van der Waals surface area contributed by atoms with Crippen molar-refractivity contribution in [3.63, 3.8) is 0 Å². The van der Waals surface area contributed by atoms with Gasteiger partial charge in [-0.2, -0.15) is 0 Å². The maximum atomic E-state index is 10.6. The second kappa shape index (κ2) is 7.92. The molecule has 1 nitrogen and oxygen atoms in total. The van der Waals surface area contributed by atoms with E-state index in [-0.39, 0.29) is 5.41 Å². The van der Waals surface area contributed by atoms with Crippen LogP contribution in [0.15, 0.2) is 72.8 Å². The van der Waals surface area contributed by atoms with Gasteiger partial charge in [0.05, 0.1) is 0 Å². The van der Waals surface area contributed by atoms with Crippen molar-refractivity contribution >= 4 is 18.4 Å². The molecule has 0 aliphatic heterocycles. The van der Waals surface area contributed by atoms with Crippen molar-refractivity contribution in [2.24, 2.45) is 11.3 Å². The molecule has 1 saturated carbocycles.